The molecule has 2 N–H and O–H groups in total. The highest BCUT2D eigenvalue weighted by molar-refractivity contribution is 6.30. The Bertz CT molecular complexity index is 950. The van der Waals surface area contributed by atoms with Crippen LogP contribution >= 0.6 is 11.6 Å². The van der Waals surface area contributed by atoms with Crippen molar-refractivity contribution in [3.8, 4) is 0 Å². The zero-order valence-electron chi connectivity index (χ0n) is 15.7. The maximum atomic E-state index is 12.0. The van der Waals surface area contributed by atoms with Crippen LogP contribution in [0, 0.1) is 0 Å². The van der Waals surface area contributed by atoms with Gasteiger partial charge in [0.15, 0.2) is 6.61 Å². The molecule has 3 aromatic rings. The molecule has 0 aliphatic rings. The number of amides is 1. The Kier molecular flexibility index (Phi) is 6.71. The van der Waals surface area contributed by atoms with Crippen LogP contribution in [-0.2, 0) is 20.7 Å². The Morgan fingerprint density at radius 2 is 1.89 bits per heavy atom. The second-order valence-corrected chi connectivity index (χ2v) is 7.15. The number of hydrogen-bond acceptors (Lipinski definition) is 3. The number of nitrogens with one attached hydrogen (secondary N) is 2. The molecule has 0 aliphatic heterocycles. The average molecular weight is 399 g/mol. The topological polar surface area (TPSA) is 71.2 Å². The molecule has 1 heterocycles. The summed E-state index contributed by atoms with van der Waals surface area (Å²) in [4.78, 5) is 27.1. The maximum Gasteiger partial charge on any atom is 0.306 e. The third kappa shape index (κ3) is 5.36. The van der Waals surface area contributed by atoms with E-state index in [0.29, 0.717) is 11.4 Å². The molecule has 2 aromatic carbocycles. The van der Waals surface area contributed by atoms with E-state index in [1.54, 1.807) is 12.1 Å². The minimum Gasteiger partial charge on any atom is -0.456 e. The molecule has 1 amide bonds. The monoisotopic (exact) mass is 398 g/mol. The van der Waals surface area contributed by atoms with Crippen molar-refractivity contribution in [1.82, 2.24) is 10.3 Å². The molecular formula is C22H23ClN2O3. The second kappa shape index (κ2) is 9.42. The molecule has 0 bridgehead atoms. The molecule has 146 valence electrons. The van der Waals surface area contributed by atoms with E-state index in [2.05, 4.69) is 16.4 Å². The quantitative estimate of drug-likeness (QED) is 0.546. The third-order valence-corrected chi connectivity index (χ3v) is 4.87. The van der Waals surface area contributed by atoms with Crippen LogP contribution < -0.4 is 5.32 Å². The highest BCUT2D eigenvalue weighted by atomic mass is 35.5. The van der Waals surface area contributed by atoms with Crippen molar-refractivity contribution in [3.05, 3.63) is 70.9 Å². The number of aromatic amines is 1. The van der Waals surface area contributed by atoms with E-state index in [9.17, 15) is 9.59 Å². The molecule has 1 atom stereocenters. The summed E-state index contributed by atoms with van der Waals surface area (Å²) in [7, 11) is 0. The number of hydrogen-bond donors (Lipinski definition) is 2. The second-order valence-electron chi connectivity index (χ2n) is 6.71. The van der Waals surface area contributed by atoms with Crippen molar-refractivity contribution in [1.29, 1.82) is 0 Å². The van der Waals surface area contributed by atoms with Crippen LogP contribution in [0.5, 0.6) is 0 Å². The molecule has 0 unspecified atom stereocenters. The normalized spacial score (nSPS) is 11.9. The van der Waals surface area contributed by atoms with Gasteiger partial charge in [-0.05, 0) is 49.1 Å². The first-order valence-corrected chi connectivity index (χ1v) is 9.66. The predicted molar refractivity (Wildman–Crippen MR) is 110 cm³/mol. The lowest BCUT2D eigenvalue weighted by Gasteiger charge is -2.14. The summed E-state index contributed by atoms with van der Waals surface area (Å²) in [6.45, 7) is 1.59. The lowest BCUT2D eigenvalue weighted by molar-refractivity contribution is -0.148. The van der Waals surface area contributed by atoms with Crippen molar-refractivity contribution in [3.63, 3.8) is 0 Å². The van der Waals surface area contributed by atoms with Gasteiger partial charge in [0.2, 0.25) is 0 Å². The molecule has 5 nitrogen and oxygen atoms in total. The summed E-state index contributed by atoms with van der Waals surface area (Å²) in [6, 6.07) is 15.1. The number of halogens is 1. The van der Waals surface area contributed by atoms with Gasteiger partial charge in [-0.2, -0.15) is 0 Å². The lowest BCUT2D eigenvalue weighted by atomic mass is 10.1. The minimum atomic E-state index is -0.367. The van der Waals surface area contributed by atoms with Gasteiger partial charge in [-0.1, -0.05) is 41.9 Å². The van der Waals surface area contributed by atoms with Crippen LogP contribution in [0.1, 0.15) is 36.9 Å². The van der Waals surface area contributed by atoms with Gasteiger partial charge >= 0.3 is 5.97 Å². The van der Waals surface area contributed by atoms with Crippen LogP contribution in [0.4, 0.5) is 0 Å². The zero-order chi connectivity index (χ0) is 19.9. The van der Waals surface area contributed by atoms with Crippen LogP contribution in [0.15, 0.2) is 54.7 Å². The maximum absolute atomic E-state index is 12.0. The van der Waals surface area contributed by atoms with E-state index in [1.807, 2.05) is 43.5 Å². The van der Waals surface area contributed by atoms with Crippen LogP contribution in [0.3, 0.4) is 0 Å². The summed E-state index contributed by atoms with van der Waals surface area (Å²) in [5, 5.41) is 4.62. The molecule has 0 fully saturated rings. The highest BCUT2D eigenvalue weighted by Crippen LogP contribution is 2.19. The molecule has 6 heteroatoms. The number of carbonyl (C=O) groups excluding carboxylic acids is 2. The predicted octanol–water partition coefficient (Wildman–Crippen LogP) is 4.56. The van der Waals surface area contributed by atoms with Crippen LogP contribution in [0.2, 0.25) is 5.02 Å². The number of H-pyrrole nitrogens is 1. The number of ether oxygens (including phenoxy) is 1. The lowest BCUT2D eigenvalue weighted by Crippen LogP contribution is -2.31. The number of esters is 1. The van der Waals surface area contributed by atoms with E-state index < -0.39 is 0 Å². The van der Waals surface area contributed by atoms with Gasteiger partial charge in [0.25, 0.3) is 5.91 Å². The summed E-state index contributed by atoms with van der Waals surface area (Å²) in [6.07, 6.45) is 3.70. The van der Waals surface area contributed by atoms with Crippen molar-refractivity contribution in [2.45, 2.75) is 32.2 Å². The van der Waals surface area contributed by atoms with Gasteiger partial charge < -0.3 is 15.0 Å². The van der Waals surface area contributed by atoms with Gasteiger partial charge in [0, 0.05) is 28.5 Å². The Morgan fingerprint density at radius 3 is 2.68 bits per heavy atom. The number of aromatic nitrogens is 1. The van der Waals surface area contributed by atoms with E-state index in [4.69, 9.17) is 16.3 Å². The van der Waals surface area contributed by atoms with Gasteiger partial charge in [0.1, 0.15) is 0 Å². The Morgan fingerprint density at radius 1 is 1.14 bits per heavy atom. The largest absolute Gasteiger partial charge is 0.456 e. The fourth-order valence-corrected chi connectivity index (χ4v) is 3.22. The Balaban J connectivity index is 1.38. The first-order valence-electron chi connectivity index (χ1n) is 9.28. The molecule has 0 aliphatic carbocycles. The summed E-state index contributed by atoms with van der Waals surface area (Å²) >= 11 is 5.86. The number of benzene rings is 2. The highest BCUT2D eigenvalue weighted by Gasteiger charge is 2.12. The Hall–Kier alpha value is -2.79. The first-order chi connectivity index (χ1) is 13.5. The number of fused-ring (bicyclic) bond motifs is 1. The van der Waals surface area contributed by atoms with Crippen molar-refractivity contribution in [2.24, 2.45) is 0 Å². The van der Waals surface area contributed by atoms with Crippen LogP contribution in [-0.4, -0.2) is 23.5 Å². The van der Waals surface area contributed by atoms with E-state index in [0.717, 1.165) is 17.5 Å². The summed E-state index contributed by atoms with van der Waals surface area (Å²) in [5.41, 5.74) is 3.20. The van der Waals surface area contributed by atoms with Gasteiger partial charge in [-0.3, -0.25) is 9.59 Å². The molecule has 0 radical (unpaired) electrons. The van der Waals surface area contributed by atoms with Crippen LogP contribution in [0.25, 0.3) is 10.9 Å². The SMILES string of the molecule is C[C@H](NC(=O)COC(=O)CCCc1c[nH]c2ccccc12)c1ccc(Cl)cc1. The molecule has 0 spiro atoms. The summed E-state index contributed by atoms with van der Waals surface area (Å²) < 4.78 is 5.09. The average Bonchev–Trinajstić information content (AvgIpc) is 3.10. The fraction of sp³-hybridized carbons (Fsp3) is 0.273. The Labute approximate surface area is 169 Å². The smallest absolute Gasteiger partial charge is 0.306 e. The first kappa shape index (κ1) is 20.0. The van der Waals surface area contributed by atoms with Crippen molar-refractivity contribution < 1.29 is 14.3 Å². The number of rotatable bonds is 8. The van der Waals surface area contributed by atoms with Gasteiger partial charge in [0.05, 0.1) is 6.04 Å². The third-order valence-electron chi connectivity index (χ3n) is 4.61. The fourth-order valence-electron chi connectivity index (χ4n) is 3.10. The molecular weight excluding hydrogens is 376 g/mol. The molecule has 0 saturated carbocycles. The van der Waals surface area contributed by atoms with Crippen molar-refractivity contribution in [2.75, 3.05) is 6.61 Å². The number of carbonyl (C=O) groups is 2. The van der Waals surface area contributed by atoms with E-state index in [-0.39, 0.29) is 30.9 Å². The van der Waals surface area contributed by atoms with Gasteiger partial charge in [-0.25, -0.2) is 0 Å². The van der Waals surface area contributed by atoms with Crippen molar-refractivity contribution >= 4 is 34.4 Å². The summed E-state index contributed by atoms with van der Waals surface area (Å²) in [5.74, 6) is -0.693. The standard InChI is InChI=1S/C22H23ClN2O3/c1-15(16-9-11-18(23)12-10-16)25-21(26)14-28-22(27)8-4-5-17-13-24-20-7-3-2-6-19(17)20/h2-3,6-7,9-13,15,24H,4-5,8,14H2,1H3,(H,25,26)/t15-/m0/s1. The van der Waals surface area contributed by atoms with E-state index >= 15 is 0 Å². The zero-order valence-corrected chi connectivity index (χ0v) is 16.5. The molecule has 1 aromatic heterocycles. The minimum absolute atomic E-state index is 0.189. The molecule has 28 heavy (non-hydrogen) atoms. The molecule has 3 rings (SSSR count). The van der Waals surface area contributed by atoms with E-state index in [1.165, 1.54) is 10.9 Å². The molecule has 0 saturated heterocycles. The number of para-hydroxylation sites is 1. The van der Waals surface area contributed by atoms with Gasteiger partial charge in [-0.15, -0.1) is 0 Å². The number of aryl methyl sites for hydroxylation is 1.